The summed E-state index contributed by atoms with van der Waals surface area (Å²) in [6.45, 7) is 2.79. The minimum atomic E-state index is -0.416. The van der Waals surface area contributed by atoms with Gasteiger partial charge < -0.3 is 15.4 Å². The molecular weight excluding hydrogens is 276 g/mol. The maximum absolute atomic E-state index is 11.8. The third-order valence-corrected chi connectivity index (χ3v) is 3.96. The molecular formula is C15H21ClN2O2. The van der Waals surface area contributed by atoms with Gasteiger partial charge in [-0.1, -0.05) is 24.6 Å². The smallest absolute Gasteiger partial charge is 0.263 e. The number of carbonyl (C=O) groups is 1. The van der Waals surface area contributed by atoms with Crippen LogP contribution in [0, 0.1) is 0 Å². The van der Waals surface area contributed by atoms with E-state index in [4.69, 9.17) is 22.1 Å². The van der Waals surface area contributed by atoms with Gasteiger partial charge in [-0.05, 0) is 30.5 Å². The van der Waals surface area contributed by atoms with E-state index in [1.807, 2.05) is 18.2 Å². The Morgan fingerprint density at radius 2 is 2.30 bits per heavy atom. The Morgan fingerprint density at radius 1 is 1.55 bits per heavy atom. The highest BCUT2D eigenvalue weighted by Gasteiger charge is 2.31. The molecule has 0 radical (unpaired) electrons. The van der Waals surface area contributed by atoms with Crippen LogP contribution in [0.15, 0.2) is 18.2 Å². The van der Waals surface area contributed by atoms with Crippen LogP contribution in [0.25, 0.3) is 0 Å². The highest BCUT2D eigenvalue weighted by molar-refractivity contribution is 6.32. The number of nitrogens with zero attached hydrogens (tertiary/aromatic N) is 1. The van der Waals surface area contributed by atoms with Gasteiger partial charge in [-0.3, -0.25) is 4.79 Å². The lowest BCUT2D eigenvalue weighted by Crippen LogP contribution is -2.29. The first-order chi connectivity index (χ1) is 9.51. The number of benzene rings is 1. The van der Waals surface area contributed by atoms with Crippen LogP contribution in [-0.2, 0) is 11.2 Å². The number of amides is 1. The highest BCUT2D eigenvalue weighted by Crippen LogP contribution is 2.28. The monoisotopic (exact) mass is 296 g/mol. The molecule has 4 nitrogen and oxygen atoms in total. The minimum absolute atomic E-state index is 0.0122. The van der Waals surface area contributed by atoms with Gasteiger partial charge in [0.05, 0.1) is 5.02 Å². The van der Waals surface area contributed by atoms with Crippen molar-refractivity contribution in [2.24, 2.45) is 5.73 Å². The number of hydrogen-bond donors (Lipinski definition) is 1. The summed E-state index contributed by atoms with van der Waals surface area (Å²) in [7, 11) is 1.78. The largest absolute Gasteiger partial charge is 0.479 e. The zero-order valence-electron chi connectivity index (χ0n) is 11.9. The second kappa shape index (κ2) is 6.46. The van der Waals surface area contributed by atoms with Crippen LogP contribution < -0.4 is 10.5 Å². The summed E-state index contributed by atoms with van der Waals surface area (Å²) in [6.07, 6.45) is 2.01. The van der Waals surface area contributed by atoms with Crippen LogP contribution >= 0.6 is 11.6 Å². The van der Waals surface area contributed by atoms with E-state index in [-0.39, 0.29) is 11.9 Å². The van der Waals surface area contributed by atoms with Crippen LogP contribution in [-0.4, -0.2) is 36.5 Å². The first-order valence-corrected chi connectivity index (χ1v) is 7.34. The maximum Gasteiger partial charge on any atom is 0.263 e. The van der Waals surface area contributed by atoms with E-state index in [9.17, 15) is 4.79 Å². The molecule has 0 aromatic heterocycles. The molecule has 2 rings (SSSR count). The minimum Gasteiger partial charge on any atom is -0.479 e. The molecule has 1 saturated heterocycles. The van der Waals surface area contributed by atoms with Gasteiger partial charge in [0.25, 0.3) is 5.91 Å². The Balaban J connectivity index is 2.04. The lowest BCUT2D eigenvalue weighted by molar-refractivity contribution is -0.132. The predicted molar refractivity (Wildman–Crippen MR) is 80.1 cm³/mol. The SMILES string of the molecule is CCC(N)Cc1ccc(OC2CCN(C)C2=O)c(Cl)c1. The van der Waals surface area contributed by atoms with Crippen molar-refractivity contribution in [2.45, 2.75) is 38.3 Å². The third-order valence-electron chi connectivity index (χ3n) is 3.67. The van der Waals surface area contributed by atoms with E-state index < -0.39 is 6.10 Å². The molecule has 1 aromatic rings. The van der Waals surface area contributed by atoms with E-state index >= 15 is 0 Å². The lowest BCUT2D eigenvalue weighted by atomic mass is 10.0. The number of carbonyl (C=O) groups excluding carboxylic acids is 1. The number of likely N-dealkylation sites (N-methyl/N-ethyl adjacent to an activating group) is 1. The second-order valence-corrected chi connectivity index (χ2v) is 5.70. The van der Waals surface area contributed by atoms with Crippen LogP contribution in [0.5, 0.6) is 5.75 Å². The zero-order chi connectivity index (χ0) is 14.7. The summed E-state index contributed by atoms with van der Waals surface area (Å²) in [5.74, 6) is 0.576. The Bertz CT molecular complexity index is 493. The van der Waals surface area contributed by atoms with Gasteiger partial charge in [0.2, 0.25) is 0 Å². The Labute approximate surface area is 124 Å². The van der Waals surface area contributed by atoms with E-state index in [1.54, 1.807) is 11.9 Å². The van der Waals surface area contributed by atoms with Gasteiger partial charge >= 0.3 is 0 Å². The Kier molecular flexibility index (Phi) is 4.89. The lowest BCUT2D eigenvalue weighted by Gasteiger charge is -2.15. The summed E-state index contributed by atoms with van der Waals surface area (Å²) >= 11 is 6.23. The van der Waals surface area contributed by atoms with Crippen molar-refractivity contribution in [1.29, 1.82) is 0 Å². The van der Waals surface area contributed by atoms with Gasteiger partial charge in [0, 0.05) is 26.1 Å². The number of hydrogen-bond acceptors (Lipinski definition) is 3. The Hall–Kier alpha value is -1.26. The number of rotatable bonds is 5. The molecule has 1 heterocycles. The van der Waals surface area contributed by atoms with Crippen molar-refractivity contribution in [3.8, 4) is 5.75 Å². The van der Waals surface area contributed by atoms with E-state index in [0.29, 0.717) is 17.2 Å². The summed E-state index contributed by atoms with van der Waals surface area (Å²) < 4.78 is 5.72. The molecule has 2 unspecified atom stereocenters. The summed E-state index contributed by atoms with van der Waals surface area (Å²) in [6, 6.07) is 5.80. The van der Waals surface area contributed by atoms with Crippen LogP contribution in [0.1, 0.15) is 25.3 Å². The van der Waals surface area contributed by atoms with Gasteiger partial charge in [-0.25, -0.2) is 0 Å². The normalized spacial score (nSPS) is 20.3. The third kappa shape index (κ3) is 3.44. The molecule has 110 valence electrons. The highest BCUT2D eigenvalue weighted by atomic mass is 35.5. The molecule has 0 saturated carbocycles. The zero-order valence-corrected chi connectivity index (χ0v) is 12.7. The van der Waals surface area contributed by atoms with Crippen molar-refractivity contribution in [2.75, 3.05) is 13.6 Å². The molecule has 0 aliphatic carbocycles. The van der Waals surface area contributed by atoms with Crippen molar-refractivity contribution >= 4 is 17.5 Å². The van der Waals surface area contributed by atoms with Gasteiger partial charge in [0.15, 0.2) is 6.10 Å². The van der Waals surface area contributed by atoms with Crippen LogP contribution in [0.4, 0.5) is 0 Å². The number of halogens is 1. The fraction of sp³-hybridized carbons (Fsp3) is 0.533. The molecule has 1 fully saturated rings. The molecule has 0 spiro atoms. The van der Waals surface area contributed by atoms with Gasteiger partial charge in [-0.2, -0.15) is 0 Å². The molecule has 1 aliphatic rings. The van der Waals surface area contributed by atoms with Crippen molar-refractivity contribution < 1.29 is 9.53 Å². The maximum atomic E-state index is 11.8. The molecule has 1 amide bonds. The van der Waals surface area contributed by atoms with Gasteiger partial charge in [-0.15, -0.1) is 0 Å². The molecule has 1 aromatic carbocycles. The number of ether oxygens (including phenoxy) is 1. The van der Waals surface area contributed by atoms with E-state index in [1.165, 1.54) is 0 Å². The summed E-state index contributed by atoms with van der Waals surface area (Å²) in [5.41, 5.74) is 7.02. The first-order valence-electron chi connectivity index (χ1n) is 6.97. The molecule has 20 heavy (non-hydrogen) atoms. The molecule has 5 heteroatoms. The molecule has 0 bridgehead atoms. The quantitative estimate of drug-likeness (QED) is 0.906. The number of nitrogens with two attached hydrogens (primary N) is 1. The average Bonchev–Trinajstić information content (AvgIpc) is 2.73. The van der Waals surface area contributed by atoms with Gasteiger partial charge in [0.1, 0.15) is 5.75 Å². The van der Waals surface area contributed by atoms with E-state index in [0.717, 1.165) is 24.9 Å². The topological polar surface area (TPSA) is 55.6 Å². The second-order valence-electron chi connectivity index (χ2n) is 5.29. The van der Waals surface area contributed by atoms with E-state index in [2.05, 4.69) is 6.92 Å². The number of likely N-dealkylation sites (tertiary alicyclic amines) is 1. The fourth-order valence-electron chi connectivity index (χ4n) is 2.27. The first kappa shape index (κ1) is 15.1. The van der Waals surface area contributed by atoms with Crippen LogP contribution in [0.3, 0.4) is 0 Å². The standard InChI is InChI=1S/C15H21ClN2O2/c1-3-11(17)8-10-4-5-13(12(16)9-10)20-14-6-7-18(2)15(14)19/h4-5,9,11,14H,3,6-8,17H2,1-2H3. The fourth-order valence-corrected chi connectivity index (χ4v) is 2.51. The van der Waals surface area contributed by atoms with Crippen molar-refractivity contribution in [3.63, 3.8) is 0 Å². The Morgan fingerprint density at radius 3 is 2.85 bits per heavy atom. The van der Waals surface area contributed by atoms with Crippen LogP contribution in [0.2, 0.25) is 5.02 Å². The summed E-state index contributed by atoms with van der Waals surface area (Å²) in [4.78, 5) is 13.5. The molecule has 2 atom stereocenters. The average molecular weight is 297 g/mol. The summed E-state index contributed by atoms with van der Waals surface area (Å²) in [5, 5.41) is 0.535. The predicted octanol–water partition coefficient (Wildman–Crippen LogP) is 2.23. The van der Waals surface area contributed by atoms with Crippen molar-refractivity contribution in [3.05, 3.63) is 28.8 Å². The molecule has 1 aliphatic heterocycles. The molecule has 2 N–H and O–H groups in total. The van der Waals surface area contributed by atoms with Crippen molar-refractivity contribution in [1.82, 2.24) is 4.90 Å².